The lowest BCUT2D eigenvalue weighted by atomic mass is 10.0. The van der Waals surface area contributed by atoms with Gasteiger partial charge in [0.2, 0.25) is 5.89 Å². The van der Waals surface area contributed by atoms with Crippen LogP contribution in [0.5, 0.6) is 0 Å². The summed E-state index contributed by atoms with van der Waals surface area (Å²) in [4.78, 5) is 22.0. The van der Waals surface area contributed by atoms with Gasteiger partial charge in [0.15, 0.2) is 0 Å². The Kier molecular flexibility index (Phi) is 5.69. The van der Waals surface area contributed by atoms with Crippen LogP contribution in [0.4, 0.5) is 16.0 Å². The fourth-order valence-corrected chi connectivity index (χ4v) is 4.11. The van der Waals surface area contributed by atoms with Gasteiger partial charge in [0, 0.05) is 18.3 Å². The lowest BCUT2D eigenvalue weighted by Crippen LogP contribution is -2.27. The number of halogens is 1. The number of benzene rings is 2. The van der Waals surface area contributed by atoms with Crippen LogP contribution in [0.25, 0.3) is 27.9 Å². The van der Waals surface area contributed by atoms with E-state index in [1.807, 2.05) is 31.2 Å². The van der Waals surface area contributed by atoms with E-state index >= 15 is 0 Å². The molecule has 10 heteroatoms. The minimum absolute atomic E-state index is 0.0308. The maximum atomic E-state index is 14.7. The first kappa shape index (κ1) is 22.2. The van der Waals surface area contributed by atoms with E-state index in [0.717, 1.165) is 0 Å². The molecule has 0 aliphatic carbocycles. The van der Waals surface area contributed by atoms with Gasteiger partial charge in [-0.25, -0.2) is 14.4 Å². The van der Waals surface area contributed by atoms with Gasteiger partial charge in [0.25, 0.3) is 11.4 Å². The molecule has 0 saturated heterocycles. The van der Waals surface area contributed by atoms with Crippen molar-refractivity contribution in [3.63, 3.8) is 0 Å². The second-order valence-corrected chi connectivity index (χ2v) is 7.96. The van der Waals surface area contributed by atoms with Gasteiger partial charge in [-0.05, 0) is 36.1 Å². The number of para-hydroxylation sites is 1. The fourth-order valence-electron chi connectivity index (χ4n) is 4.11. The Labute approximate surface area is 199 Å². The van der Waals surface area contributed by atoms with Gasteiger partial charge in [-0.3, -0.25) is 9.36 Å². The standard InChI is InChI=1S/C25H22FN7O2/c1-3-18(30-23-21(22(27)28-13-29-23)24-32-31-14(2)35-24)19-12-15-8-7-11-17(26)20(15)25(34)33(19)16-9-5-4-6-10-16/h4-13,18H,3H2,1-2H3,(H3,27,28,29,30)/t18-/m0/s1. The Balaban J connectivity index is 1.71. The number of anilines is 2. The highest BCUT2D eigenvalue weighted by Crippen LogP contribution is 2.33. The minimum Gasteiger partial charge on any atom is -0.421 e. The molecule has 35 heavy (non-hydrogen) atoms. The van der Waals surface area contributed by atoms with Gasteiger partial charge in [-0.2, -0.15) is 0 Å². The zero-order chi connectivity index (χ0) is 24.5. The first-order valence-electron chi connectivity index (χ1n) is 11.0. The number of hydrogen-bond acceptors (Lipinski definition) is 8. The van der Waals surface area contributed by atoms with E-state index in [9.17, 15) is 9.18 Å². The first-order chi connectivity index (χ1) is 17.0. The van der Waals surface area contributed by atoms with Gasteiger partial charge in [-0.1, -0.05) is 37.3 Å². The number of nitrogens with one attached hydrogen (secondary N) is 1. The lowest BCUT2D eigenvalue weighted by Gasteiger charge is -2.24. The average molecular weight is 471 g/mol. The maximum Gasteiger partial charge on any atom is 0.266 e. The normalized spacial score (nSPS) is 12.1. The summed E-state index contributed by atoms with van der Waals surface area (Å²) < 4.78 is 21.8. The van der Waals surface area contributed by atoms with Crippen molar-refractivity contribution in [1.82, 2.24) is 24.7 Å². The maximum absolute atomic E-state index is 14.7. The van der Waals surface area contributed by atoms with E-state index in [2.05, 4.69) is 25.5 Å². The van der Waals surface area contributed by atoms with Crippen LogP contribution in [0.2, 0.25) is 0 Å². The quantitative estimate of drug-likeness (QED) is 0.373. The molecule has 0 unspecified atom stereocenters. The largest absolute Gasteiger partial charge is 0.421 e. The summed E-state index contributed by atoms with van der Waals surface area (Å²) in [6.45, 7) is 3.64. The summed E-state index contributed by atoms with van der Waals surface area (Å²) in [6, 6.07) is 15.1. The molecule has 0 spiro atoms. The Hall–Kier alpha value is -4.60. The number of fused-ring (bicyclic) bond motifs is 1. The van der Waals surface area contributed by atoms with Crippen molar-refractivity contribution < 1.29 is 8.81 Å². The van der Waals surface area contributed by atoms with Crippen LogP contribution in [0, 0.1) is 12.7 Å². The van der Waals surface area contributed by atoms with Crippen LogP contribution >= 0.6 is 0 Å². The molecule has 9 nitrogen and oxygen atoms in total. The Bertz CT molecular complexity index is 1580. The van der Waals surface area contributed by atoms with Crippen molar-refractivity contribution in [2.24, 2.45) is 0 Å². The molecule has 176 valence electrons. The molecular formula is C25H22FN7O2. The Morgan fingerprint density at radius 1 is 1.11 bits per heavy atom. The van der Waals surface area contributed by atoms with Crippen molar-refractivity contribution in [1.29, 1.82) is 0 Å². The van der Waals surface area contributed by atoms with Gasteiger partial charge < -0.3 is 15.5 Å². The smallest absolute Gasteiger partial charge is 0.266 e. The number of aryl methyl sites for hydroxylation is 1. The molecule has 5 rings (SSSR count). The second-order valence-electron chi connectivity index (χ2n) is 7.96. The lowest BCUT2D eigenvalue weighted by molar-refractivity contribution is 0.532. The summed E-state index contributed by atoms with van der Waals surface area (Å²) in [5.74, 6) is 0.526. The van der Waals surface area contributed by atoms with Crippen molar-refractivity contribution >= 4 is 22.4 Å². The molecule has 5 aromatic rings. The van der Waals surface area contributed by atoms with Crippen molar-refractivity contribution in [3.05, 3.63) is 88.7 Å². The van der Waals surface area contributed by atoms with Crippen molar-refractivity contribution in [3.8, 4) is 17.1 Å². The van der Waals surface area contributed by atoms with Crippen LogP contribution in [-0.2, 0) is 0 Å². The summed E-state index contributed by atoms with van der Waals surface area (Å²) in [7, 11) is 0. The number of hydrogen-bond donors (Lipinski definition) is 2. The fraction of sp³-hybridized carbons (Fsp3) is 0.160. The molecule has 0 aliphatic rings. The van der Waals surface area contributed by atoms with Crippen LogP contribution in [-0.4, -0.2) is 24.7 Å². The van der Waals surface area contributed by atoms with Gasteiger partial charge in [-0.15, -0.1) is 10.2 Å². The summed E-state index contributed by atoms with van der Waals surface area (Å²) >= 11 is 0. The number of rotatable bonds is 6. The third-order valence-corrected chi connectivity index (χ3v) is 5.73. The van der Waals surface area contributed by atoms with Crippen LogP contribution in [0.15, 0.2) is 70.1 Å². The van der Waals surface area contributed by atoms with Gasteiger partial charge >= 0.3 is 0 Å². The minimum atomic E-state index is -0.567. The Morgan fingerprint density at radius 2 is 1.91 bits per heavy atom. The van der Waals surface area contributed by atoms with E-state index in [1.54, 1.807) is 31.2 Å². The predicted octanol–water partition coefficient (Wildman–Crippen LogP) is 4.42. The highest BCUT2D eigenvalue weighted by molar-refractivity contribution is 5.83. The molecule has 3 heterocycles. The van der Waals surface area contributed by atoms with Crippen LogP contribution in [0.1, 0.15) is 31.0 Å². The van der Waals surface area contributed by atoms with E-state index in [1.165, 1.54) is 17.0 Å². The number of aromatic nitrogens is 5. The molecule has 1 atom stereocenters. The van der Waals surface area contributed by atoms with Crippen molar-refractivity contribution in [2.45, 2.75) is 26.3 Å². The monoisotopic (exact) mass is 471 g/mol. The highest BCUT2D eigenvalue weighted by atomic mass is 19.1. The number of nitrogens with zero attached hydrogens (tertiary/aromatic N) is 5. The Morgan fingerprint density at radius 3 is 2.63 bits per heavy atom. The second kappa shape index (κ2) is 8.98. The van der Waals surface area contributed by atoms with E-state index in [0.29, 0.717) is 40.5 Å². The zero-order valence-electron chi connectivity index (χ0n) is 19.1. The number of nitrogen functional groups attached to an aromatic ring is 1. The zero-order valence-corrected chi connectivity index (χ0v) is 19.1. The third kappa shape index (κ3) is 3.99. The van der Waals surface area contributed by atoms with E-state index in [-0.39, 0.29) is 17.1 Å². The van der Waals surface area contributed by atoms with Crippen molar-refractivity contribution in [2.75, 3.05) is 11.1 Å². The number of pyridine rings is 1. The molecule has 0 radical (unpaired) electrons. The molecule has 0 amide bonds. The molecule has 3 N–H and O–H groups in total. The molecule has 0 aliphatic heterocycles. The topological polar surface area (TPSA) is 125 Å². The number of nitrogens with two attached hydrogens (primary N) is 1. The molecule has 0 bridgehead atoms. The van der Waals surface area contributed by atoms with Crippen LogP contribution in [0.3, 0.4) is 0 Å². The predicted molar refractivity (Wildman–Crippen MR) is 131 cm³/mol. The summed E-state index contributed by atoms with van der Waals surface area (Å²) in [5, 5.41) is 11.8. The average Bonchev–Trinajstić information content (AvgIpc) is 3.28. The third-order valence-electron chi connectivity index (χ3n) is 5.73. The van der Waals surface area contributed by atoms with Crippen LogP contribution < -0.4 is 16.6 Å². The molecule has 2 aromatic carbocycles. The SMILES string of the molecule is CC[C@H](Nc1ncnc(N)c1-c1nnc(C)o1)c1cc2cccc(F)c2c(=O)n1-c1ccccc1. The molecular weight excluding hydrogens is 449 g/mol. The highest BCUT2D eigenvalue weighted by Gasteiger charge is 2.24. The molecule has 3 aromatic heterocycles. The molecule has 0 saturated carbocycles. The molecule has 0 fully saturated rings. The summed E-state index contributed by atoms with van der Waals surface area (Å²) in [5.41, 5.74) is 7.31. The van der Waals surface area contributed by atoms with E-state index in [4.69, 9.17) is 10.2 Å². The first-order valence-corrected chi connectivity index (χ1v) is 11.0. The summed E-state index contributed by atoms with van der Waals surface area (Å²) in [6.07, 6.45) is 1.90. The van der Waals surface area contributed by atoms with Gasteiger partial charge in [0.05, 0.1) is 11.4 Å². The van der Waals surface area contributed by atoms with Gasteiger partial charge in [0.1, 0.15) is 29.3 Å². The van der Waals surface area contributed by atoms with E-state index < -0.39 is 17.4 Å².